The maximum atomic E-state index is 4.17. The zero-order valence-corrected chi connectivity index (χ0v) is 7.95. The van der Waals surface area contributed by atoms with Crippen LogP contribution in [0.3, 0.4) is 0 Å². The van der Waals surface area contributed by atoms with Gasteiger partial charge in [0.2, 0.25) is 5.95 Å². The van der Waals surface area contributed by atoms with E-state index in [9.17, 15) is 0 Å². The van der Waals surface area contributed by atoms with Crippen molar-refractivity contribution in [3.8, 4) is 0 Å². The average molecular weight is 177 g/mol. The summed E-state index contributed by atoms with van der Waals surface area (Å²) in [4.78, 5) is 8.33. The van der Waals surface area contributed by atoms with Gasteiger partial charge in [0.1, 0.15) is 0 Å². The van der Waals surface area contributed by atoms with Gasteiger partial charge in [0.25, 0.3) is 0 Å². The molecule has 3 nitrogen and oxygen atoms in total. The molecule has 13 heavy (non-hydrogen) atoms. The van der Waals surface area contributed by atoms with Gasteiger partial charge in [-0.15, -0.1) is 0 Å². The first-order valence-corrected chi connectivity index (χ1v) is 4.84. The normalized spacial score (nSPS) is 20.1. The van der Waals surface area contributed by atoms with Crippen LogP contribution >= 0.6 is 0 Å². The highest BCUT2D eigenvalue weighted by atomic mass is 15.1. The summed E-state index contributed by atoms with van der Waals surface area (Å²) in [5.74, 6) is 0.756. The Kier molecular flexibility index (Phi) is 2.17. The third kappa shape index (κ3) is 1.97. The lowest BCUT2D eigenvalue weighted by atomic mass is 10.0. The van der Waals surface area contributed by atoms with E-state index < -0.39 is 0 Å². The molecule has 0 radical (unpaired) electrons. The summed E-state index contributed by atoms with van der Waals surface area (Å²) in [7, 11) is 0. The van der Waals surface area contributed by atoms with Crippen molar-refractivity contribution < 1.29 is 0 Å². The van der Waals surface area contributed by atoms with Gasteiger partial charge in [0.15, 0.2) is 0 Å². The van der Waals surface area contributed by atoms with Crippen LogP contribution in [-0.2, 0) is 0 Å². The zero-order chi connectivity index (χ0) is 9.15. The van der Waals surface area contributed by atoms with Crippen molar-refractivity contribution in [2.45, 2.75) is 38.1 Å². The summed E-state index contributed by atoms with van der Waals surface area (Å²) >= 11 is 0. The Morgan fingerprint density at radius 1 is 1.23 bits per heavy atom. The molecule has 0 atom stereocenters. The van der Waals surface area contributed by atoms with Crippen molar-refractivity contribution in [2.24, 2.45) is 0 Å². The molecule has 0 spiro atoms. The number of nitrogens with zero attached hydrogens (tertiary/aromatic N) is 2. The van der Waals surface area contributed by atoms with Crippen molar-refractivity contribution in [2.75, 3.05) is 5.32 Å². The second-order valence-electron chi connectivity index (χ2n) is 3.97. The van der Waals surface area contributed by atoms with Crippen LogP contribution in [0.1, 0.15) is 32.6 Å². The van der Waals surface area contributed by atoms with Crippen molar-refractivity contribution >= 4 is 5.95 Å². The molecule has 0 unspecified atom stereocenters. The molecule has 1 aromatic rings. The summed E-state index contributed by atoms with van der Waals surface area (Å²) in [5.41, 5.74) is 0.224. The van der Waals surface area contributed by atoms with E-state index in [0.717, 1.165) is 5.95 Å². The topological polar surface area (TPSA) is 37.8 Å². The first-order valence-electron chi connectivity index (χ1n) is 4.84. The summed E-state index contributed by atoms with van der Waals surface area (Å²) < 4.78 is 0. The molecule has 2 rings (SSSR count). The van der Waals surface area contributed by atoms with E-state index in [2.05, 4.69) is 22.2 Å². The van der Waals surface area contributed by atoms with Crippen LogP contribution in [0.4, 0.5) is 5.95 Å². The van der Waals surface area contributed by atoms with Crippen LogP contribution < -0.4 is 5.32 Å². The highest BCUT2D eigenvalue weighted by Crippen LogP contribution is 2.31. The van der Waals surface area contributed by atoms with Crippen LogP contribution in [0, 0.1) is 0 Å². The van der Waals surface area contributed by atoms with Gasteiger partial charge in [0, 0.05) is 17.9 Å². The molecule has 70 valence electrons. The highest BCUT2D eigenvalue weighted by Gasteiger charge is 2.28. The summed E-state index contributed by atoms with van der Waals surface area (Å²) in [5, 5.41) is 3.40. The lowest BCUT2D eigenvalue weighted by Gasteiger charge is -2.24. The largest absolute Gasteiger partial charge is 0.349 e. The van der Waals surface area contributed by atoms with Crippen LogP contribution in [0.5, 0.6) is 0 Å². The van der Waals surface area contributed by atoms with Gasteiger partial charge in [-0.2, -0.15) is 0 Å². The quantitative estimate of drug-likeness (QED) is 0.752. The number of rotatable bonds is 2. The molecular weight excluding hydrogens is 162 g/mol. The van der Waals surface area contributed by atoms with E-state index in [1.54, 1.807) is 12.4 Å². The van der Waals surface area contributed by atoms with Crippen LogP contribution in [0.15, 0.2) is 18.5 Å². The predicted octanol–water partition coefficient (Wildman–Crippen LogP) is 2.22. The minimum Gasteiger partial charge on any atom is -0.349 e. The van der Waals surface area contributed by atoms with Crippen molar-refractivity contribution in [3.63, 3.8) is 0 Å². The highest BCUT2D eigenvalue weighted by molar-refractivity contribution is 5.28. The average Bonchev–Trinajstić information content (AvgIpc) is 2.54. The third-order valence-corrected chi connectivity index (χ3v) is 2.69. The number of anilines is 1. The predicted molar refractivity (Wildman–Crippen MR) is 52.5 cm³/mol. The number of aromatic nitrogens is 2. The fourth-order valence-corrected chi connectivity index (χ4v) is 1.91. The number of hydrogen-bond donors (Lipinski definition) is 1. The van der Waals surface area contributed by atoms with Gasteiger partial charge in [0.05, 0.1) is 0 Å². The second kappa shape index (κ2) is 3.32. The summed E-state index contributed by atoms with van der Waals surface area (Å²) in [6.45, 7) is 2.25. The van der Waals surface area contributed by atoms with Gasteiger partial charge in [-0.3, -0.25) is 0 Å². The smallest absolute Gasteiger partial charge is 0.222 e. The van der Waals surface area contributed by atoms with Gasteiger partial charge in [-0.1, -0.05) is 12.8 Å². The summed E-state index contributed by atoms with van der Waals surface area (Å²) in [6, 6.07) is 1.84. The van der Waals surface area contributed by atoms with Gasteiger partial charge < -0.3 is 5.32 Å². The van der Waals surface area contributed by atoms with Crippen LogP contribution in [0.2, 0.25) is 0 Å². The minimum absolute atomic E-state index is 0.224. The Balaban J connectivity index is 2.05. The molecule has 1 aliphatic carbocycles. The lowest BCUT2D eigenvalue weighted by Crippen LogP contribution is -2.31. The molecule has 0 aliphatic heterocycles. The Bertz CT molecular complexity index is 265. The third-order valence-electron chi connectivity index (χ3n) is 2.69. The van der Waals surface area contributed by atoms with E-state index in [-0.39, 0.29) is 5.54 Å². The lowest BCUT2D eigenvalue weighted by molar-refractivity contribution is 0.528. The van der Waals surface area contributed by atoms with E-state index in [0.29, 0.717) is 0 Å². The van der Waals surface area contributed by atoms with Gasteiger partial charge in [-0.25, -0.2) is 9.97 Å². The number of nitrogens with one attached hydrogen (secondary N) is 1. The Morgan fingerprint density at radius 3 is 2.46 bits per heavy atom. The molecule has 1 saturated carbocycles. The monoisotopic (exact) mass is 177 g/mol. The van der Waals surface area contributed by atoms with E-state index in [1.165, 1.54) is 25.7 Å². The fraction of sp³-hybridized carbons (Fsp3) is 0.600. The molecule has 3 heteroatoms. The minimum atomic E-state index is 0.224. The van der Waals surface area contributed by atoms with Gasteiger partial charge in [-0.05, 0) is 25.8 Å². The van der Waals surface area contributed by atoms with Crippen molar-refractivity contribution in [3.05, 3.63) is 18.5 Å². The Morgan fingerprint density at radius 2 is 1.85 bits per heavy atom. The molecule has 0 saturated heterocycles. The van der Waals surface area contributed by atoms with Crippen molar-refractivity contribution in [1.29, 1.82) is 0 Å². The van der Waals surface area contributed by atoms with E-state index in [4.69, 9.17) is 0 Å². The fourth-order valence-electron chi connectivity index (χ4n) is 1.91. The molecule has 1 fully saturated rings. The van der Waals surface area contributed by atoms with E-state index in [1.807, 2.05) is 6.07 Å². The molecular formula is C10H15N3. The molecule has 0 amide bonds. The first kappa shape index (κ1) is 8.48. The molecule has 1 heterocycles. The van der Waals surface area contributed by atoms with Gasteiger partial charge >= 0.3 is 0 Å². The molecule has 1 aromatic heterocycles. The second-order valence-corrected chi connectivity index (χ2v) is 3.97. The Hall–Kier alpha value is -1.12. The Labute approximate surface area is 78.6 Å². The molecule has 0 bridgehead atoms. The molecule has 0 aromatic carbocycles. The molecule has 1 aliphatic rings. The maximum absolute atomic E-state index is 4.17. The standard InChI is InChI=1S/C10H15N3/c1-10(5-2-3-6-10)13-9-11-7-4-8-12-9/h4,7-8H,2-3,5-6H2,1H3,(H,11,12,13). The summed E-state index contributed by atoms with van der Waals surface area (Å²) in [6.07, 6.45) is 8.63. The molecule has 1 N–H and O–H groups in total. The number of hydrogen-bond acceptors (Lipinski definition) is 3. The SMILES string of the molecule is CC1(Nc2ncccn2)CCCC1. The zero-order valence-electron chi connectivity index (χ0n) is 7.95. The van der Waals surface area contributed by atoms with E-state index >= 15 is 0 Å². The van der Waals surface area contributed by atoms with Crippen molar-refractivity contribution in [1.82, 2.24) is 9.97 Å². The van der Waals surface area contributed by atoms with Crippen LogP contribution in [-0.4, -0.2) is 15.5 Å². The first-order chi connectivity index (χ1) is 6.29. The van der Waals surface area contributed by atoms with Crippen LogP contribution in [0.25, 0.3) is 0 Å². The maximum Gasteiger partial charge on any atom is 0.222 e.